The third-order valence-corrected chi connectivity index (χ3v) is 3.53. The molecule has 1 aliphatic rings. The number of amides is 2. The second kappa shape index (κ2) is 7.51. The van der Waals surface area contributed by atoms with Crippen LogP contribution >= 0.6 is 0 Å². The van der Waals surface area contributed by atoms with Gasteiger partial charge in [0.05, 0.1) is 12.1 Å². The molecule has 1 heterocycles. The summed E-state index contributed by atoms with van der Waals surface area (Å²) in [5.74, 6) is -1.85. The highest BCUT2D eigenvalue weighted by Gasteiger charge is 2.31. The monoisotopic (exact) mass is 314 g/mol. The van der Waals surface area contributed by atoms with E-state index < -0.39 is 23.8 Å². The van der Waals surface area contributed by atoms with Crippen LogP contribution in [0.15, 0.2) is 18.2 Å². The van der Waals surface area contributed by atoms with Crippen LogP contribution in [0, 0.1) is 11.6 Å². The number of hydrogen-bond donors (Lipinski definition) is 3. The van der Waals surface area contributed by atoms with Crippen molar-refractivity contribution in [3.63, 3.8) is 0 Å². The number of carbonyl (C=O) groups excluding carboxylic acids is 1. The van der Waals surface area contributed by atoms with Gasteiger partial charge in [0.15, 0.2) is 11.6 Å². The van der Waals surface area contributed by atoms with E-state index in [1.807, 2.05) is 0 Å². The Bertz CT molecular complexity index is 526. The van der Waals surface area contributed by atoms with Crippen LogP contribution in [-0.2, 0) is 4.74 Å². The lowest BCUT2D eigenvalue weighted by molar-refractivity contribution is 0.0995. The van der Waals surface area contributed by atoms with Crippen molar-refractivity contribution in [1.82, 2.24) is 10.6 Å². The lowest BCUT2D eigenvalue weighted by Crippen LogP contribution is -2.44. The zero-order chi connectivity index (χ0) is 16.1. The van der Waals surface area contributed by atoms with Crippen LogP contribution in [0.3, 0.4) is 0 Å². The van der Waals surface area contributed by atoms with E-state index in [-0.39, 0.29) is 12.1 Å². The lowest BCUT2D eigenvalue weighted by atomic mass is 10.0. The third-order valence-electron chi connectivity index (χ3n) is 3.53. The van der Waals surface area contributed by atoms with E-state index in [1.165, 1.54) is 6.07 Å². The van der Waals surface area contributed by atoms with Crippen LogP contribution < -0.4 is 10.6 Å². The van der Waals surface area contributed by atoms with Crippen LogP contribution in [0.1, 0.15) is 31.4 Å². The molecule has 122 valence electrons. The molecule has 5 nitrogen and oxygen atoms in total. The molecule has 1 fully saturated rings. The summed E-state index contributed by atoms with van der Waals surface area (Å²) in [5, 5.41) is 14.5. The van der Waals surface area contributed by atoms with Gasteiger partial charge < -0.3 is 20.5 Å². The maximum atomic E-state index is 13.3. The Morgan fingerprint density at radius 1 is 1.45 bits per heavy atom. The second-order valence-electron chi connectivity index (χ2n) is 5.40. The number of urea groups is 1. The van der Waals surface area contributed by atoms with Crippen molar-refractivity contribution in [3.8, 4) is 0 Å². The molecule has 2 amide bonds. The Hall–Kier alpha value is -1.73. The summed E-state index contributed by atoms with van der Waals surface area (Å²) in [6, 6.07) is 2.91. The van der Waals surface area contributed by atoms with Gasteiger partial charge in [0.1, 0.15) is 6.10 Å². The van der Waals surface area contributed by atoms with Crippen molar-refractivity contribution in [2.24, 2.45) is 0 Å². The summed E-state index contributed by atoms with van der Waals surface area (Å²) in [5.41, 5.74) is 0.491. The van der Waals surface area contributed by atoms with Gasteiger partial charge in [-0.05, 0) is 37.5 Å². The Balaban J connectivity index is 1.92. The van der Waals surface area contributed by atoms with E-state index in [9.17, 15) is 13.6 Å². The highest BCUT2D eigenvalue weighted by atomic mass is 19.2. The molecule has 1 aliphatic heterocycles. The SMILES string of the molecule is C[C@H](O)CCNC(=O)N[C@@H]1CCO[C@H]1c1ccc(F)c(F)c1. The van der Waals surface area contributed by atoms with Crippen molar-refractivity contribution < 1.29 is 23.4 Å². The van der Waals surface area contributed by atoms with Gasteiger partial charge in [0, 0.05) is 13.2 Å². The molecule has 1 aromatic carbocycles. The van der Waals surface area contributed by atoms with E-state index in [1.54, 1.807) is 6.92 Å². The Morgan fingerprint density at radius 2 is 2.23 bits per heavy atom. The molecule has 0 spiro atoms. The zero-order valence-corrected chi connectivity index (χ0v) is 12.3. The molecular weight excluding hydrogens is 294 g/mol. The predicted molar refractivity (Wildman–Crippen MR) is 76.3 cm³/mol. The average Bonchev–Trinajstić information content (AvgIpc) is 2.89. The first kappa shape index (κ1) is 16.6. The fourth-order valence-corrected chi connectivity index (χ4v) is 2.37. The molecule has 22 heavy (non-hydrogen) atoms. The Labute approximate surface area is 127 Å². The molecule has 0 bridgehead atoms. The van der Waals surface area contributed by atoms with Crippen molar-refractivity contribution in [2.45, 2.75) is 38.0 Å². The Morgan fingerprint density at radius 3 is 2.91 bits per heavy atom. The number of carbonyl (C=O) groups is 1. The number of nitrogens with one attached hydrogen (secondary N) is 2. The highest BCUT2D eigenvalue weighted by Crippen LogP contribution is 2.29. The minimum atomic E-state index is -0.937. The molecule has 3 atom stereocenters. The molecule has 0 radical (unpaired) electrons. The van der Waals surface area contributed by atoms with Crippen LogP contribution in [0.2, 0.25) is 0 Å². The fraction of sp³-hybridized carbons (Fsp3) is 0.533. The van der Waals surface area contributed by atoms with Crippen LogP contribution in [0.5, 0.6) is 0 Å². The van der Waals surface area contributed by atoms with E-state index >= 15 is 0 Å². The zero-order valence-electron chi connectivity index (χ0n) is 12.3. The van der Waals surface area contributed by atoms with Crippen molar-refractivity contribution in [3.05, 3.63) is 35.4 Å². The third kappa shape index (κ3) is 4.38. The number of ether oxygens (including phenoxy) is 1. The molecule has 0 aromatic heterocycles. The van der Waals surface area contributed by atoms with E-state index in [4.69, 9.17) is 9.84 Å². The van der Waals surface area contributed by atoms with Gasteiger partial charge in [-0.2, -0.15) is 0 Å². The number of halogens is 2. The molecule has 0 unspecified atom stereocenters. The van der Waals surface area contributed by atoms with Crippen molar-refractivity contribution >= 4 is 6.03 Å². The summed E-state index contributed by atoms with van der Waals surface area (Å²) >= 11 is 0. The largest absolute Gasteiger partial charge is 0.393 e. The fourth-order valence-electron chi connectivity index (χ4n) is 2.37. The summed E-state index contributed by atoms with van der Waals surface area (Å²) < 4.78 is 31.8. The average molecular weight is 314 g/mol. The maximum Gasteiger partial charge on any atom is 0.315 e. The molecule has 1 aromatic rings. The van der Waals surface area contributed by atoms with E-state index in [2.05, 4.69) is 10.6 Å². The minimum Gasteiger partial charge on any atom is -0.393 e. The summed E-state index contributed by atoms with van der Waals surface area (Å²) in [7, 11) is 0. The first-order valence-electron chi connectivity index (χ1n) is 7.26. The van der Waals surface area contributed by atoms with Gasteiger partial charge in [-0.15, -0.1) is 0 Å². The van der Waals surface area contributed by atoms with Crippen LogP contribution in [-0.4, -0.2) is 36.4 Å². The first-order valence-corrected chi connectivity index (χ1v) is 7.26. The lowest BCUT2D eigenvalue weighted by Gasteiger charge is -2.20. The highest BCUT2D eigenvalue weighted by molar-refractivity contribution is 5.74. The first-order chi connectivity index (χ1) is 10.5. The standard InChI is InChI=1S/C15H20F2N2O3/c1-9(20)4-6-18-15(21)19-13-5-7-22-14(13)10-2-3-11(16)12(17)8-10/h2-3,8-9,13-14,20H,4-7H2,1H3,(H2,18,19,21)/t9-,13+,14-/m0/s1. The Kier molecular flexibility index (Phi) is 5.68. The van der Waals surface area contributed by atoms with E-state index in [0.717, 1.165) is 12.1 Å². The number of aliphatic hydroxyl groups excluding tert-OH is 1. The normalized spacial score (nSPS) is 22.4. The van der Waals surface area contributed by atoms with Gasteiger partial charge in [0.2, 0.25) is 0 Å². The maximum absolute atomic E-state index is 13.3. The molecule has 2 rings (SSSR count). The topological polar surface area (TPSA) is 70.6 Å². The number of benzene rings is 1. The van der Waals surface area contributed by atoms with Gasteiger partial charge in [-0.1, -0.05) is 6.07 Å². The van der Waals surface area contributed by atoms with Gasteiger partial charge in [-0.25, -0.2) is 13.6 Å². The molecule has 0 aliphatic carbocycles. The molecule has 1 saturated heterocycles. The number of rotatable bonds is 5. The summed E-state index contributed by atoms with van der Waals surface area (Å²) in [6.45, 7) is 2.43. The number of aliphatic hydroxyl groups is 1. The van der Waals surface area contributed by atoms with Gasteiger partial charge in [-0.3, -0.25) is 0 Å². The molecule has 3 N–H and O–H groups in total. The quantitative estimate of drug-likeness (QED) is 0.777. The second-order valence-corrected chi connectivity index (χ2v) is 5.40. The van der Waals surface area contributed by atoms with Crippen LogP contribution in [0.25, 0.3) is 0 Å². The molecule has 7 heteroatoms. The molecule has 0 saturated carbocycles. The van der Waals surface area contributed by atoms with Crippen molar-refractivity contribution in [2.75, 3.05) is 13.2 Å². The van der Waals surface area contributed by atoms with Crippen LogP contribution in [0.4, 0.5) is 13.6 Å². The van der Waals surface area contributed by atoms with E-state index in [0.29, 0.717) is 31.6 Å². The van der Waals surface area contributed by atoms with Gasteiger partial charge in [0.25, 0.3) is 0 Å². The smallest absolute Gasteiger partial charge is 0.315 e. The van der Waals surface area contributed by atoms with Gasteiger partial charge >= 0.3 is 6.03 Å². The summed E-state index contributed by atoms with van der Waals surface area (Å²) in [4.78, 5) is 11.8. The summed E-state index contributed by atoms with van der Waals surface area (Å²) in [6.07, 6.45) is 0.0666. The van der Waals surface area contributed by atoms with Crippen molar-refractivity contribution in [1.29, 1.82) is 0 Å². The minimum absolute atomic E-state index is 0.309. The predicted octanol–water partition coefficient (Wildman–Crippen LogP) is 1.86. The molecular formula is C15H20F2N2O3. The number of hydrogen-bond acceptors (Lipinski definition) is 3.